The molecule has 0 amide bonds. The van der Waals surface area contributed by atoms with Crippen LogP contribution >= 0.6 is 23.1 Å². The van der Waals surface area contributed by atoms with Gasteiger partial charge in [-0.1, -0.05) is 37.1 Å². The number of carbonyl (C=O) groups is 4. The summed E-state index contributed by atoms with van der Waals surface area (Å²) in [4.78, 5) is 60.4. The summed E-state index contributed by atoms with van der Waals surface area (Å²) < 4.78 is 89.5. The fraction of sp³-hybridized carbons (Fsp3) is 0.528. The van der Waals surface area contributed by atoms with Crippen LogP contribution in [0.25, 0.3) is 0 Å². The van der Waals surface area contributed by atoms with Crippen LogP contribution in [0.15, 0.2) is 34.1 Å². The third-order valence-corrected chi connectivity index (χ3v) is 13.1. The van der Waals surface area contributed by atoms with Crippen LogP contribution in [0.4, 0.5) is 0 Å². The van der Waals surface area contributed by atoms with Crippen LogP contribution in [0, 0.1) is 69.2 Å². The van der Waals surface area contributed by atoms with Gasteiger partial charge in [0, 0.05) is 109 Å². The number of nitrogens with zero attached hydrogens (tertiary/aromatic N) is 5. The van der Waals surface area contributed by atoms with E-state index in [0.717, 1.165) is 38.0 Å². The van der Waals surface area contributed by atoms with E-state index in [0.29, 0.717) is 40.5 Å². The molecule has 5 aromatic rings. The first kappa shape index (κ1) is 118. The van der Waals surface area contributed by atoms with Crippen LogP contribution in [0.1, 0.15) is 156 Å². The van der Waals surface area contributed by atoms with E-state index in [1.165, 1.54) is 29.8 Å². The Morgan fingerprint density at radius 3 is 0.989 bits per heavy atom. The van der Waals surface area contributed by atoms with Crippen LogP contribution in [0.2, 0.25) is 11.6 Å². The van der Waals surface area contributed by atoms with Gasteiger partial charge in [0.25, 0.3) is 0 Å². The molecule has 0 saturated carbocycles. The summed E-state index contributed by atoms with van der Waals surface area (Å²) in [6.07, 6.45) is 0.250. The number of hydrogen-bond donors (Lipinski definition) is 7. The molecule has 0 radical (unpaired) electrons. The van der Waals surface area contributed by atoms with Gasteiger partial charge in [-0.15, -0.1) is 12.4 Å². The zero-order chi connectivity index (χ0) is 62.7. The molecule has 88 heavy (non-hydrogen) atoms. The molecule has 35 heteroatoms. The maximum atomic E-state index is 11.7. The summed E-state index contributed by atoms with van der Waals surface area (Å²) in [7, 11) is 1.03. The van der Waals surface area contributed by atoms with Gasteiger partial charge in [0.2, 0.25) is 20.0 Å². The summed E-state index contributed by atoms with van der Waals surface area (Å²) >= 11 is 0.750. The molecule has 0 fully saturated rings. The van der Waals surface area contributed by atoms with E-state index in [2.05, 4.69) is 59.8 Å². The van der Waals surface area contributed by atoms with Gasteiger partial charge >= 0.3 is 95.7 Å². The minimum Gasteiger partial charge on any atom is -1.00 e. The molecule has 512 valence electrons. The zero-order valence-electron chi connectivity index (χ0n) is 50.9. The number of sulfonamides is 2. The number of aliphatic hydroxyl groups excluding tert-OH is 1. The molecule has 0 aliphatic carbocycles. The second-order valence-electron chi connectivity index (χ2n) is 16.3. The summed E-state index contributed by atoms with van der Waals surface area (Å²) in [6, 6.07) is 7.77. The van der Waals surface area contributed by atoms with Crippen molar-refractivity contribution in [3.63, 3.8) is 0 Å². The van der Waals surface area contributed by atoms with Gasteiger partial charge in [0.1, 0.15) is 20.9 Å². The predicted molar refractivity (Wildman–Crippen MR) is 344 cm³/mol. The zero-order valence-corrected chi connectivity index (χ0v) is 58.9. The molecule has 0 aliphatic rings. The Morgan fingerprint density at radius 1 is 0.557 bits per heavy atom. The molecule has 27 nitrogen and oxygen atoms in total. The SMILES string of the molecule is C.C.C.C.C.CCO.CCOC(=O)c1c(S(N)(=O)=O)c(C)n(C)c1C.CCOC(=O)c1cc(C)n(C)c1C.Cc1c(C(=O)O)c(S(N)(=O)=O)c(C)n1C.Cc1cc(C(=O)O)c(C)n1C.Cc1ccc(C)n1C.Cl.N.O=C=O.O=S(=O)(O)Cl.[CH3][Al+][CH3].[Cl-].[Na+].[OH-]. The molecule has 5 heterocycles. The molecule has 12 N–H and O–H groups in total. The van der Waals surface area contributed by atoms with Gasteiger partial charge in [0.05, 0.1) is 24.3 Å². The molecular weight excluding hydrogens is 1310 g/mol. The van der Waals surface area contributed by atoms with E-state index >= 15 is 0 Å². The van der Waals surface area contributed by atoms with Gasteiger partial charge in [-0.3, -0.25) is 4.55 Å². The molecule has 0 aromatic carbocycles. The molecule has 0 saturated heterocycles. The van der Waals surface area contributed by atoms with Gasteiger partial charge in [-0.2, -0.15) is 18.0 Å². The van der Waals surface area contributed by atoms with Crippen molar-refractivity contribution in [2.45, 2.75) is 149 Å². The van der Waals surface area contributed by atoms with Crippen molar-refractivity contribution in [2.24, 2.45) is 45.5 Å². The number of primary sulfonamides is 2. The van der Waals surface area contributed by atoms with E-state index in [9.17, 15) is 36.0 Å². The largest absolute Gasteiger partial charge is 1.00 e. The Morgan fingerprint density at radius 2 is 0.807 bits per heavy atom. The molecule has 0 bridgehead atoms. The summed E-state index contributed by atoms with van der Waals surface area (Å²) in [5.41, 5.74) is 8.91. The average Bonchev–Trinajstić information content (AvgIpc) is 4.00. The van der Waals surface area contributed by atoms with Crippen LogP contribution in [0.3, 0.4) is 0 Å². The number of halogens is 3. The number of carbonyl (C=O) groups excluding carboxylic acids is 4. The Kier molecular flexibility index (Phi) is 74.3. The van der Waals surface area contributed by atoms with Crippen molar-refractivity contribution in [1.29, 1.82) is 0 Å². The Labute approximate surface area is 570 Å². The third-order valence-electron chi connectivity index (χ3n) is 11.0. The average molecular weight is 1410 g/mol. The number of carboxylic acid groups (broad SMARTS) is 2. The summed E-state index contributed by atoms with van der Waals surface area (Å²) in [5.74, 6) is 1.37. The maximum absolute atomic E-state index is 11.7. The number of esters is 2. The van der Waals surface area contributed by atoms with Gasteiger partial charge in [-0.05, 0) is 114 Å². The molecule has 0 unspecified atom stereocenters. The molecule has 0 atom stereocenters. The maximum Gasteiger partial charge on any atom is 1.00 e. The van der Waals surface area contributed by atoms with Crippen molar-refractivity contribution in [3.05, 3.63) is 103 Å². The van der Waals surface area contributed by atoms with E-state index in [4.69, 9.17) is 57.6 Å². The quantitative estimate of drug-likeness (QED) is 0.0508. The minimum absolute atomic E-state index is 0. The number of rotatable bonds is 8. The molecule has 5 aromatic heterocycles. The Hall–Kier alpha value is -4.33. The topological polar surface area (TPSA) is 446 Å². The number of aromatic nitrogens is 5. The first-order chi connectivity index (χ1) is 35.5. The standard InChI is InChI=1S/C10H16N2O4S.C10H15NO2.C8H12N2O4S.C8H11NO2.C7H11N.C2H6O.CO2.5CH4.2CH3.Al.ClHO3S.2ClH.H3N.Na.H2O/c1-5-16-10(13)8-6(2)12(4)7(3)9(8)17(11,14)15;1-5-13-10(12)9-6-7(2)11(4)8(9)3;1-4-6(8(11)12)7(15(9,13)14)5(2)10(4)3;1-5-4-7(8(10)11)6(2)9(5)3;1-6-4-5-7(2)8(6)3;1-2-3;2-1-3;;;;;;;;;1-5(2,3)4;;;;;/h5H2,1-4H3,(H2,11,14,15);6H,5H2,1-4H3;1-3H3,(H,11,12)(H2,9,13,14);4H,1-3H3,(H,10,11);4-5H,1-3H3;3H,2H2,1H3;;5*1H4;2*1H3;;(H,2,3,4);2*1H;1H3;;1H2/q;;;;;;;;;;;;;;+1;;;;;+1;/p-2. The molecule has 0 aliphatic heterocycles. The third kappa shape index (κ3) is 40.4. The Bertz CT molecular complexity index is 3160. The Balaban J connectivity index is -0.0000000604. The first-order valence-corrected chi connectivity index (χ1v) is 30.7. The monoisotopic (exact) mass is 1410 g/mol. The number of carboxylic acids is 2. The van der Waals surface area contributed by atoms with Crippen molar-refractivity contribution in [3.8, 4) is 0 Å². The van der Waals surface area contributed by atoms with Crippen molar-refractivity contribution in [2.75, 3.05) is 19.8 Å². The van der Waals surface area contributed by atoms with E-state index in [-0.39, 0.29) is 149 Å². The normalized spacial score (nSPS) is 8.97. The van der Waals surface area contributed by atoms with Gasteiger partial charge in [0.15, 0.2) is 0 Å². The van der Waals surface area contributed by atoms with Gasteiger partial charge < -0.3 is 71.7 Å². The van der Waals surface area contributed by atoms with Crippen LogP contribution in [-0.2, 0) is 83.7 Å². The molecular formula is C53H103AlCl3N8NaO19S3. The molecule has 5 rings (SSSR count). The van der Waals surface area contributed by atoms with E-state index in [1.54, 1.807) is 59.3 Å². The number of aliphatic hydroxyl groups is 1. The second kappa shape index (κ2) is 55.5. The number of aromatic carboxylic acids is 2. The van der Waals surface area contributed by atoms with E-state index in [1.807, 2.05) is 57.0 Å². The minimum atomic E-state index is -4.19. The fourth-order valence-corrected chi connectivity index (χ4v) is 8.44. The fourth-order valence-electron chi connectivity index (χ4n) is 6.31. The van der Waals surface area contributed by atoms with Crippen LogP contribution in [-0.4, -0.2) is 139 Å². The summed E-state index contributed by atoms with van der Waals surface area (Å²) in [6.45, 7) is 24.1. The number of aryl methyl sites for hydroxylation is 4. The summed E-state index contributed by atoms with van der Waals surface area (Å²) in [5, 5.41) is 35.3. The number of hydrogen-bond acceptors (Lipinski definition) is 17. The van der Waals surface area contributed by atoms with E-state index < -0.39 is 47.3 Å². The van der Waals surface area contributed by atoms with Crippen LogP contribution < -0.4 is 58.4 Å². The molecule has 0 spiro atoms. The van der Waals surface area contributed by atoms with Crippen molar-refractivity contribution >= 4 is 97.7 Å². The second-order valence-corrected chi connectivity index (χ2v) is 22.4. The van der Waals surface area contributed by atoms with Gasteiger partial charge in [-0.25, -0.2) is 46.3 Å². The first-order valence-electron chi connectivity index (χ1n) is 23.0. The van der Waals surface area contributed by atoms with Crippen molar-refractivity contribution in [1.82, 2.24) is 29.0 Å². The van der Waals surface area contributed by atoms with Crippen LogP contribution in [0.5, 0.6) is 0 Å². The predicted octanol–water partition coefficient (Wildman–Crippen LogP) is 3.08. The smallest absolute Gasteiger partial charge is 1.00 e. The number of nitrogens with two attached hydrogens (primary N) is 2. The van der Waals surface area contributed by atoms with Crippen molar-refractivity contribution < 1.29 is 131 Å². The number of ether oxygens (including phenoxy) is 2.